The standard InChI is InChI=1S/C23H32N2O5/c26-15-8-6-4-2-1-3-5-7-10-16-11-9-12-17-20(16)23(30)25(22(17)29)18-13-14-19(27)24-21(18)28/h9,11-12,17-21,24,26-28H,1-6,8,13-15H2. The van der Waals surface area contributed by atoms with E-state index in [1.54, 1.807) is 18.2 Å². The number of likely N-dealkylation sites (tertiary alicyclic amines) is 1. The smallest absolute Gasteiger partial charge is 0.238 e. The van der Waals surface area contributed by atoms with Crippen LogP contribution in [0.25, 0.3) is 0 Å². The number of aliphatic hydroxyl groups is 3. The minimum atomic E-state index is -1.14. The Hall–Kier alpha value is -1.98. The van der Waals surface area contributed by atoms with Crippen molar-refractivity contribution in [2.75, 3.05) is 6.61 Å². The van der Waals surface area contributed by atoms with Crippen LogP contribution < -0.4 is 5.32 Å². The SMILES string of the molecule is O=C1C2C=CC=C(C#CCCCCCCCCO)C2C(=O)N1C1CCC(O)NC1O. The van der Waals surface area contributed by atoms with E-state index in [1.807, 2.05) is 0 Å². The van der Waals surface area contributed by atoms with Crippen LogP contribution in [-0.4, -0.2) is 57.1 Å². The lowest BCUT2D eigenvalue weighted by Crippen LogP contribution is -2.58. The number of carbonyl (C=O) groups excluding carboxylic acids is 2. The topological polar surface area (TPSA) is 110 Å². The van der Waals surface area contributed by atoms with Crippen LogP contribution in [0.15, 0.2) is 23.8 Å². The summed E-state index contributed by atoms with van der Waals surface area (Å²) in [5, 5.41) is 31.2. The van der Waals surface area contributed by atoms with Crippen LogP contribution in [0, 0.1) is 23.7 Å². The maximum Gasteiger partial charge on any atom is 0.238 e. The second-order valence-corrected chi connectivity index (χ2v) is 8.23. The van der Waals surface area contributed by atoms with Crippen LogP contribution in [0.3, 0.4) is 0 Å². The first-order valence-electron chi connectivity index (χ1n) is 11.0. The van der Waals surface area contributed by atoms with Crippen molar-refractivity contribution in [1.29, 1.82) is 0 Å². The van der Waals surface area contributed by atoms with Gasteiger partial charge in [0.05, 0.1) is 17.9 Å². The Morgan fingerprint density at radius 2 is 1.77 bits per heavy atom. The fraction of sp³-hybridized carbons (Fsp3) is 0.652. The van der Waals surface area contributed by atoms with Gasteiger partial charge < -0.3 is 15.3 Å². The fourth-order valence-electron chi connectivity index (χ4n) is 4.41. The molecule has 30 heavy (non-hydrogen) atoms. The van der Waals surface area contributed by atoms with E-state index in [0.29, 0.717) is 18.4 Å². The van der Waals surface area contributed by atoms with E-state index in [1.165, 1.54) is 4.90 Å². The average Bonchev–Trinajstić information content (AvgIpc) is 2.98. The second-order valence-electron chi connectivity index (χ2n) is 8.23. The third-order valence-corrected chi connectivity index (χ3v) is 6.05. The Balaban J connectivity index is 1.57. The minimum absolute atomic E-state index is 0.258. The molecule has 0 aromatic rings. The lowest BCUT2D eigenvalue weighted by molar-refractivity contribution is -0.149. The van der Waals surface area contributed by atoms with E-state index in [2.05, 4.69) is 17.2 Å². The number of fused-ring (bicyclic) bond motifs is 1. The van der Waals surface area contributed by atoms with E-state index >= 15 is 0 Å². The van der Waals surface area contributed by atoms with Crippen molar-refractivity contribution in [1.82, 2.24) is 10.2 Å². The molecular formula is C23H32N2O5. The monoisotopic (exact) mass is 416 g/mol. The van der Waals surface area contributed by atoms with Crippen LogP contribution in [0.1, 0.15) is 57.8 Å². The lowest BCUT2D eigenvalue weighted by atomic mass is 9.84. The molecule has 2 aliphatic heterocycles. The molecule has 3 rings (SSSR count). The van der Waals surface area contributed by atoms with Gasteiger partial charge in [-0.2, -0.15) is 0 Å². The van der Waals surface area contributed by atoms with Crippen molar-refractivity contribution >= 4 is 11.8 Å². The number of unbranched alkanes of at least 4 members (excludes halogenated alkanes) is 6. The molecule has 7 heteroatoms. The highest BCUT2D eigenvalue weighted by Gasteiger charge is 2.52. The van der Waals surface area contributed by atoms with Crippen molar-refractivity contribution in [3.8, 4) is 11.8 Å². The highest BCUT2D eigenvalue weighted by atomic mass is 16.3. The Labute approximate surface area is 177 Å². The zero-order chi connectivity index (χ0) is 21.5. The van der Waals surface area contributed by atoms with E-state index in [-0.39, 0.29) is 18.4 Å². The predicted octanol–water partition coefficient (Wildman–Crippen LogP) is 1.20. The summed E-state index contributed by atoms with van der Waals surface area (Å²) in [6.07, 6.45) is 11.1. The fourth-order valence-corrected chi connectivity index (χ4v) is 4.41. The molecule has 1 aliphatic carbocycles. The summed E-state index contributed by atoms with van der Waals surface area (Å²) in [6.45, 7) is 0.258. The molecular weight excluding hydrogens is 384 g/mol. The van der Waals surface area contributed by atoms with Gasteiger partial charge in [-0.3, -0.25) is 19.8 Å². The van der Waals surface area contributed by atoms with Gasteiger partial charge in [0, 0.05) is 18.6 Å². The Kier molecular flexibility index (Phi) is 8.23. The van der Waals surface area contributed by atoms with Gasteiger partial charge in [-0.25, -0.2) is 0 Å². The highest BCUT2D eigenvalue weighted by Crippen LogP contribution is 2.38. The number of aliphatic hydroxyl groups excluding tert-OH is 3. The quantitative estimate of drug-likeness (QED) is 0.269. The summed E-state index contributed by atoms with van der Waals surface area (Å²) < 4.78 is 0. The van der Waals surface area contributed by atoms with Gasteiger partial charge in [0.1, 0.15) is 12.5 Å². The Morgan fingerprint density at radius 1 is 1.03 bits per heavy atom. The van der Waals surface area contributed by atoms with Crippen molar-refractivity contribution in [3.05, 3.63) is 23.8 Å². The maximum absolute atomic E-state index is 13.1. The first-order valence-corrected chi connectivity index (χ1v) is 11.0. The summed E-state index contributed by atoms with van der Waals surface area (Å²) in [5.41, 5.74) is 0.657. The Bertz CT molecular complexity index is 750. The molecule has 3 aliphatic rings. The van der Waals surface area contributed by atoms with Crippen LogP contribution >= 0.6 is 0 Å². The molecule has 4 N–H and O–H groups in total. The first-order chi connectivity index (χ1) is 14.5. The molecule has 2 amide bonds. The van der Waals surface area contributed by atoms with E-state index in [9.17, 15) is 19.8 Å². The normalized spacial score (nSPS) is 30.7. The van der Waals surface area contributed by atoms with Crippen molar-refractivity contribution < 1.29 is 24.9 Å². The van der Waals surface area contributed by atoms with Crippen LogP contribution in [-0.2, 0) is 9.59 Å². The van der Waals surface area contributed by atoms with Gasteiger partial charge in [0.2, 0.25) is 11.8 Å². The number of hydrogen-bond acceptors (Lipinski definition) is 6. The van der Waals surface area contributed by atoms with Gasteiger partial charge in [0.25, 0.3) is 0 Å². The van der Waals surface area contributed by atoms with Gasteiger partial charge in [0.15, 0.2) is 0 Å². The van der Waals surface area contributed by atoms with Gasteiger partial charge in [-0.05, 0) is 25.7 Å². The first kappa shape index (κ1) is 22.7. The largest absolute Gasteiger partial charge is 0.396 e. The van der Waals surface area contributed by atoms with Gasteiger partial charge >= 0.3 is 0 Å². The van der Waals surface area contributed by atoms with Crippen molar-refractivity contribution in [2.45, 2.75) is 76.3 Å². The number of allylic oxidation sites excluding steroid dienone is 2. The molecule has 0 radical (unpaired) electrons. The average molecular weight is 417 g/mol. The molecule has 2 heterocycles. The lowest BCUT2D eigenvalue weighted by Gasteiger charge is -2.36. The molecule has 0 aromatic carbocycles. The maximum atomic E-state index is 13.1. The molecule has 2 fully saturated rings. The third kappa shape index (κ3) is 5.19. The number of imide groups is 1. The van der Waals surface area contributed by atoms with Crippen LogP contribution in [0.2, 0.25) is 0 Å². The predicted molar refractivity (Wildman–Crippen MR) is 111 cm³/mol. The summed E-state index contributed by atoms with van der Waals surface area (Å²) in [4.78, 5) is 27.2. The number of nitrogens with zero attached hydrogens (tertiary/aromatic N) is 1. The van der Waals surface area contributed by atoms with Crippen LogP contribution in [0.4, 0.5) is 0 Å². The number of carbonyl (C=O) groups is 2. The van der Waals surface area contributed by atoms with E-state index in [0.717, 1.165) is 44.9 Å². The van der Waals surface area contributed by atoms with E-state index < -0.39 is 30.3 Å². The number of rotatable bonds is 8. The molecule has 0 aromatic heterocycles. The molecule has 0 bridgehead atoms. The molecule has 0 saturated carbocycles. The Morgan fingerprint density at radius 3 is 2.50 bits per heavy atom. The molecule has 164 valence electrons. The third-order valence-electron chi connectivity index (χ3n) is 6.05. The molecule has 5 unspecified atom stereocenters. The number of hydrogen-bond donors (Lipinski definition) is 4. The zero-order valence-corrected chi connectivity index (χ0v) is 17.3. The molecule has 5 atom stereocenters. The number of piperidine rings is 1. The number of nitrogens with one attached hydrogen (secondary N) is 1. The molecule has 2 saturated heterocycles. The van der Waals surface area contributed by atoms with Crippen LogP contribution in [0.5, 0.6) is 0 Å². The van der Waals surface area contributed by atoms with Gasteiger partial charge in [-0.15, -0.1) is 0 Å². The van der Waals surface area contributed by atoms with Crippen molar-refractivity contribution in [3.63, 3.8) is 0 Å². The molecule has 7 nitrogen and oxygen atoms in total. The van der Waals surface area contributed by atoms with Gasteiger partial charge in [-0.1, -0.05) is 55.8 Å². The highest BCUT2D eigenvalue weighted by molar-refractivity contribution is 6.08. The second kappa shape index (κ2) is 10.9. The van der Waals surface area contributed by atoms with Crippen molar-refractivity contribution in [2.24, 2.45) is 11.8 Å². The summed E-state index contributed by atoms with van der Waals surface area (Å²) in [5.74, 6) is 4.44. The number of amides is 2. The summed E-state index contributed by atoms with van der Waals surface area (Å²) >= 11 is 0. The summed E-state index contributed by atoms with van der Waals surface area (Å²) in [7, 11) is 0. The molecule has 0 spiro atoms. The zero-order valence-electron chi connectivity index (χ0n) is 17.3. The minimum Gasteiger partial charge on any atom is -0.396 e. The van der Waals surface area contributed by atoms with E-state index in [4.69, 9.17) is 5.11 Å². The summed E-state index contributed by atoms with van der Waals surface area (Å²) in [6, 6.07) is -0.674.